The Morgan fingerprint density at radius 2 is 1.17 bits per heavy atom. The van der Waals surface area contributed by atoms with Gasteiger partial charge in [-0.25, -0.2) is 0 Å². The van der Waals surface area contributed by atoms with Crippen LogP contribution in [0.4, 0.5) is 22.7 Å². The van der Waals surface area contributed by atoms with Crippen molar-refractivity contribution in [3.63, 3.8) is 0 Å². The summed E-state index contributed by atoms with van der Waals surface area (Å²) in [4.78, 5) is 7.09. The molecule has 2 aromatic heterocycles. The molecule has 11 aromatic rings. The Kier molecular flexibility index (Phi) is 12.1. The van der Waals surface area contributed by atoms with Gasteiger partial charge in [-0.15, -0.1) is 0 Å². The smallest absolute Gasteiger partial charge is 0.0622 e. The van der Waals surface area contributed by atoms with Crippen molar-refractivity contribution in [3.8, 4) is 39.6 Å². The number of rotatable bonds is 11. The quantitative estimate of drug-likeness (QED) is 0.104. The molecule has 1 aliphatic heterocycles. The number of nitrogens with one attached hydrogen (secondary N) is 1. The van der Waals surface area contributed by atoms with Crippen molar-refractivity contribution in [2.45, 2.75) is 26.2 Å². The molecule has 0 atom stereocenters. The minimum Gasteiger partial charge on any atom is -0.0622 e. The van der Waals surface area contributed by atoms with E-state index in [4.69, 9.17) is 16.8 Å². The number of pyridine rings is 1. The van der Waals surface area contributed by atoms with Crippen molar-refractivity contribution < 1.29 is 25.8 Å². The molecule has 0 fully saturated rings. The minimum atomic E-state index is -3.66. The van der Waals surface area contributed by atoms with E-state index in [1.54, 1.807) is 0 Å². The molecule has 0 amide bonds. The first kappa shape index (κ1) is 46.0. The number of hydrogen-bond donors (Lipinski definition) is 1. The molecule has 1 N–H and O–H groups in total. The molecule has 12 rings (SSSR count). The molecule has 0 saturated heterocycles. The molecule has 0 spiro atoms. The van der Waals surface area contributed by atoms with Crippen LogP contribution in [0.25, 0.3) is 49.9 Å². The van der Waals surface area contributed by atoms with E-state index in [1.165, 1.54) is 33.9 Å². The molecule has 348 valence electrons. The SMILES string of the molecule is [CH2-]N(c1ccccc1Nc1[c-]c(Oc2[c-]c3c4[c](c2)[Ge]([c]2ccccc2)([c]2ccccc2)[c]2cccc(c24)n3-c2cc(C(C)(C)C)ccn2)ccc1)c1c(-c2ccccc2)cccc1-c1ccccc1.[Pt]. The van der Waals surface area contributed by atoms with Gasteiger partial charge in [0, 0.05) is 32.2 Å². The van der Waals surface area contributed by atoms with Gasteiger partial charge in [0.15, 0.2) is 0 Å². The molecule has 9 aromatic carbocycles. The zero-order chi connectivity index (χ0) is 47.4. The Labute approximate surface area is 433 Å². The summed E-state index contributed by atoms with van der Waals surface area (Å²) in [6, 6.07) is 85.0. The molecular formula is C64H49GeN4OPt-3. The molecule has 3 heterocycles. The second-order valence-electron chi connectivity index (χ2n) is 19.0. The minimum absolute atomic E-state index is 0. The van der Waals surface area contributed by atoms with E-state index in [2.05, 4.69) is 237 Å². The summed E-state index contributed by atoms with van der Waals surface area (Å²) in [7, 11) is 4.73. The first-order valence-electron chi connectivity index (χ1n) is 23.8. The summed E-state index contributed by atoms with van der Waals surface area (Å²) < 4.78 is 14.8. The Morgan fingerprint density at radius 3 is 1.82 bits per heavy atom. The molecule has 5 nitrogen and oxygen atoms in total. The summed E-state index contributed by atoms with van der Waals surface area (Å²) in [6.45, 7) is 6.74. The third kappa shape index (κ3) is 7.98. The van der Waals surface area contributed by atoms with Gasteiger partial charge < -0.3 is 0 Å². The van der Waals surface area contributed by atoms with E-state index < -0.39 is 13.3 Å². The monoisotopic (exact) mass is 1160 g/mol. The van der Waals surface area contributed by atoms with Crippen LogP contribution < -0.4 is 32.5 Å². The average molecular weight is 1160 g/mol. The van der Waals surface area contributed by atoms with Crippen molar-refractivity contribution in [1.82, 2.24) is 9.55 Å². The van der Waals surface area contributed by atoms with E-state index in [0.29, 0.717) is 11.5 Å². The topological polar surface area (TPSA) is 42.3 Å². The summed E-state index contributed by atoms with van der Waals surface area (Å²) >= 11 is -3.66. The van der Waals surface area contributed by atoms with Gasteiger partial charge >= 0.3 is 314 Å². The van der Waals surface area contributed by atoms with Crippen LogP contribution in [0.5, 0.6) is 11.5 Å². The fourth-order valence-electron chi connectivity index (χ4n) is 10.6. The summed E-state index contributed by atoms with van der Waals surface area (Å²) in [5, 5.41) is 6.22. The van der Waals surface area contributed by atoms with Gasteiger partial charge in [0.2, 0.25) is 0 Å². The van der Waals surface area contributed by atoms with Crippen molar-refractivity contribution in [1.29, 1.82) is 0 Å². The Bertz CT molecular complexity index is 3620. The van der Waals surface area contributed by atoms with Crippen LogP contribution in [0.15, 0.2) is 225 Å². The molecule has 71 heavy (non-hydrogen) atoms. The van der Waals surface area contributed by atoms with E-state index in [9.17, 15) is 0 Å². The van der Waals surface area contributed by atoms with Crippen molar-refractivity contribution in [2.75, 3.05) is 10.2 Å². The van der Waals surface area contributed by atoms with Crippen LogP contribution in [0, 0.1) is 19.2 Å². The zero-order valence-electron chi connectivity index (χ0n) is 39.6. The molecule has 0 saturated carbocycles. The molecule has 0 bridgehead atoms. The van der Waals surface area contributed by atoms with Gasteiger partial charge in [-0.05, 0) is 11.1 Å². The van der Waals surface area contributed by atoms with E-state index in [0.717, 1.165) is 61.9 Å². The van der Waals surface area contributed by atoms with E-state index in [-0.39, 0.29) is 26.5 Å². The normalized spacial score (nSPS) is 12.5. The Balaban J connectivity index is 0.00000547. The fraction of sp³-hybridized carbons (Fsp3) is 0.0625. The first-order chi connectivity index (χ1) is 34.3. The second kappa shape index (κ2) is 18.7. The summed E-state index contributed by atoms with van der Waals surface area (Å²) in [6.07, 6.45) is 1.93. The van der Waals surface area contributed by atoms with Crippen LogP contribution >= 0.6 is 0 Å². The van der Waals surface area contributed by atoms with Crippen molar-refractivity contribution in [3.05, 3.63) is 249 Å². The molecule has 0 radical (unpaired) electrons. The molecule has 0 unspecified atom stereocenters. The number of anilines is 4. The van der Waals surface area contributed by atoms with Crippen LogP contribution in [0.1, 0.15) is 26.3 Å². The average Bonchev–Trinajstić information content (AvgIpc) is 3.90. The number of hydrogen-bond acceptors (Lipinski definition) is 4. The Morgan fingerprint density at radius 1 is 0.577 bits per heavy atom. The van der Waals surface area contributed by atoms with Crippen LogP contribution in [0.3, 0.4) is 0 Å². The van der Waals surface area contributed by atoms with Crippen LogP contribution in [0.2, 0.25) is 0 Å². The van der Waals surface area contributed by atoms with Crippen LogP contribution in [-0.2, 0) is 26.5 Å². The predicted molar refractivity (Wildman–Crippen MR) is 293 cm³/mol. The van der Waals surface area contributed by atoms with E-state index >= 15 is 0 Å². The van der Waals surface area contributed by atoms with Gasteiger partial charge in [0.05, 0.1) is 0 Å². The number of aromatic nitrogens is 2. The van der Waals surface area contributed by atoms with E-state index in [1.807, 2.05) is 35.4 Å². The Hall–Kier alpha value is -7.44. The number of para-hydroxylation sites is 3. The van der Waals surface area contributed by atoms with Gasteiger partial charge in [-0.1, -0.05) is 78.9 Å². The zero-order valence-corrected chi connectivity index (χ0v) is 44.0. The molecule has 7 heteroatoms. The number of ether oxygens (including phenoxy) is 1. The number of nitrogens with zero attached hydrogens (tertiary/aromatic N) is 3. The second-order valence-corrected chi connectivity index (χ2v) is 26.8. The number of benzene rings is 9. The molecule has 1 aliphatic rings. The maximum atomic E-state index is 7.02. The first-order valence-corrected chi connectivity index (χ1v) is 28.0. The summed E-state index contributed by atoms with van der Waals surface area (Å²) in [5.74, 6) is 2.06. The fourth-order valence-corrected chi connectivity index (χ4v) is 21.5. The molecular weight excluding hydrogens is 1110 g/mol. The van der Waals surface area contributed by atoms with Gasteiger partial charge in [0.1, 0.15) is 0 Å². The van der Waals surface area contributed by atoms with Crippen molar-refractivity contribution >= 4 is 75.4 Å². The van der Waals surface area contributed by atoms with Gasteiger partial charge in [0.25, 0.3) is 0 Å². The van der Waals surface area contributed by atoms with Crippen LogP contribution in [-0.4, -0.2) is 22.8 Å². The van der Waals surface area contributed by atoms with Gasteiger partial charge in [-0.3, -0.25) is 0 Å². The van der Waals surface area contributed by atoms with Gasteiger partial charge in [-0.2, -0.15) is 0 Å². The standard InChI is InChI=1S/C64H49GeN4O.Pt/c1-64(2,3)46-38-39-66-60(40-46)69-58-37-21-34-54-61(58)62-55(65(54,47-26-13-7-14-27-47)48-28-15-8-16-29-48)42-51(43-59(62)69)70-50-31-19-30-49(41-50)67-56-35-17-18-36-57(56)68(4)63-52(44-22-9-5-10-23-44)32-20-33-53(63)45-24-11-6-12-25-45;/h5-40,42,67H,4H2,1-3H3;/q-3;. The third-order valence-corrected chi connectivity index (χ3v) is 23.9. The summed E-state index contributed by atoms with van der Waals surface area (Å²) in [5.41, 5.74) is 11.2. The third-order valence-electron chi connectivity index (χ3n) is 13.8. The maximum absolute atomic E-state index is 7.02. The predicted octanol–water partition coefficient (Wildman–Crippen LogP) is 13.6. The van der Waals surface area contributed by atoms with Crippen molar-refractivity contribution in [2.24, 2.45) is 0 Å². The molecule has 0 aliphatic carbocycles.